The van der Waals surface area contributed by atoms with Crippen LogP contribution in [0.15, 0.2) is 41.1 Å². The van der Waals surface area contributed by atoms with Gasteiger partial charge in [0, 0.05) is 12.4 Å². The maximum absolute atomic E-state index is 14.1. The third-order valence-electron chi connectivity index (χ3n) is 2.50. The zero-order chi connectivity index (χ0) is 14.1. The van der Waals surface area contributed by atoms with E-state index in [4.69, 9.17) is 11.6 Å². The predicted molar refractivity (Wildman–Crippen MR) is 75.1 cm³/mol. The number of hydrogen-bond acceptors (Lipinski definition) is 4. The quantitative estimate of drug-likeness (QED) is 0.709. The molecule has 0 bridgehead atoms. The Bertz CT molecular complexity index is 763. The molecular weight excluding hydrogens is 349 g/mol. The van der Waals surface area contributed by atoms with Crippen molar-refractivity contribution in [3.8, 4) is 17.3 Å². The number of halogens is 3. The summed E-state index contributed by atoms with van der Waals surface area (Å²) in [6.07, 6.45) is 3.24. The van der Waals surface area contributed by atoms with Crippen molar-refractivity contribution in [2.45, 2.75) is 0 Å². The normalized spacial score (nSPS) is 10.8. The molecule has 3 aromatic rings. The summed E-state index contributed by atoms with van der Waals surface area (Å²) in [5.41, 5.74) is 0.233. The van der Waals surface area contributed by atoms with Crippen molar-refractivity contribution in [3.05, 3.63) is 52.2 Å². The topological polar surface area (TPSA) is 56.5 Å². The van der Waals surface area contributed by atoms with Gasteiger partial charge in [0.05, 0.1) is 10.0 Å². The minimum atomic E-state index is -0.457. The SMILES string of the molecule is Fc1c(Br)cccc1-c1nc(Cl)nc(-n2cccn2)n1. The van der Waals surface area contributed by atoms with Gasteiger partial charge in [0.25, 0.3) is 5.95 Å². The van der Waals surface area contributed by atoms with Crippen LogP contribution in [0.2, 0.25) is 5.28 Å². The molecule has 3 rings (SSSR count). The zero-order valence-corrected chi connectivity index (χ0v) is 12.2. The van der Waals surface area contributed by atoms with Crippen LogP contribution < -0.4 is 0 Å². The first kappa shape index (κ1) is 13.1. The van der Waals surface area contributed by atoms with E-state index in [1.54, 1.807) is 36.7 Å². The molecule has 0 radical (unpaired) electrons. The summed E-state index contributed by atoms with van der Waals surface area (Å²) in [7, 11) is 0. The summed E-state index contributed by atoms with van der Waals surface area (Å²) < 4.78 is 15.8. The van der Waals surface area contributed by atoms with Gasteiger partial charge in [0.1, 0.15) is 5.82 Å². The highest BCUT2D eigenvalue weighted by Gasteiger charge is 2.14. The summed E-state index contributed by atoms with van der Waals surface area (Å²) in [5.74, 6) is -0.0835. The first-order valence-corrected chi connectivity index (χ1v) is 6.68. The van der Waals surface area contributed by atoms with E-state index in [0.717, 1.165) is 0 Å². The molecule has 0 saturated heterocycles. The Kier molecular flexibility index (Phi) is 3.45. The highest BCUT2D eigenvalue weighted by molar-refractivity contribution is 9.10. The average Bonchev–Trinajstić information content (AvgIpc) is 2.95. The van der Waals surface area contributed by atoms with Crippen LogP contribution in [0.3, 0.4) is 0 Å². The third-order valence-corrected chi connectivity index (χ3v) is 3.28. The molecule has 0 N–H and O–H groups in total. The molecule has 20 heavy (non-hydrogen) atoms. The smallest absolute Gasteiger partial charge is 0.206 e. The van der Waals surface area contributed by atoms with Crippen LogP contribution in [0.5, 0.6) is 0 Å². The van der Waals surface area contributed by atoms with E-state index in [9.17, 15) is 4.39 Å². The number of rotatable bonds is 2. The number of aromatic nitrogens is 5. The minimum Gasteiger partial charge on any atom is -0.206 e. The van der Waals surface area contributed by atoms with Crippen molar-refractivity contribution in [2.24, 2.45) is 0 Å². The van der Waals surface area contributed by atoms with Gasteiger partial charge >= 0.3 is 0 Å². The molecule has 0 unspecified atom stereocenters. The Labute approximate surface area is 126 Å². The van der Waals surface area contributed by atoms with Gasteiger partial charge in [0.2, 0.25) is 5.28 Å². The second kappa shape index (κ2) is 5.26. The maximum atomic E-state index is 14.1. The van der Waals surface area contributed by atoms with Gasteiger partial charge in [-0.05, 0) is 45.7 Å². The molecule has 0 saturated carbocycles. The van der Waals surface area contributed by atoms with Gasteiger partial charge in [-0.2, -0.15) is 20.1 Å². The molecule has 0 fully saturated rings. The molecule has 1 aromatic carbocycles. The first-order chi connectivity index (χ1) is 9.65. The highest BCUT2D eigenvalue weighted by Crippen LogP contribution is 2.26. The predicted octanol–water partition coefficient (Wildman–Crippen LogP) is 3.28. The standard InChI is InChI=1S/C12H6BrClFN5/c13-8-4-1-3-7(9(8)15)10-17-11(14)19-12(18-10)20-6-2-5-16-20/h1-6H. The summed E-state index contributed by atoms with van der Waals surface area (Å²) in [5, 5.41) is 3.98. The molecule has 0 aliphatic carbocycles. The van der Waals surface area contributed by atoms with Gasteiger partial charge < -0.3 is 0 Å². The molecule has 0 aliphatic heterocycles. The Hall–Kier alpha value is -1.86. The van der Waals surface area contributed by atoms with Crippen molar-refractivity contribution in [1.82, 2.24) is 24.7 Å². The van der Waals surface area contributed by atoms with E-state index in [1.807, 2.05) is 0 Å². The van der Waals surface area contributed by atoms with E-state index in [-0.39, 0.29) is 22.6 Å². The Morgan fingerprint density at radius 2 is 2.00 bits per heavy atom. The van der Waals surface area contributed by atoms with Crippen LogP contribution in [0, 0.1) is 5.82 Å². The third kappa shape index (κ3) is 2.41. The lowest BCUT2D eigenvalue weighted by atomic mass is 10.2. The second-order valence-corrected chi connectivity index (χ2v) is 4.97. The second-order valence-electron chi connectivity index (χ2n) is 3.78. The molecule has 0 spiro atoms. The molecule has 100 valence electrons. The fraction of sp³-hybridized carbons (Fsp3) is 0. The lowest BCUT2D eigenvalue weighted by Crippen LogP contribution is -2.05. The van der Waals surface area contributed by atoms with Crippen LogP contribution in [-0.4, -0.2) is 24.7 Å². The van der Waals surface area contributed by atoms with E-state index >= 15 is 0 Å². The largest absolute Gasteiger partial charge is 0.255 e. The van der Waals surface area contributed by atoms with Crippen molar-refractivity contribution >= 4 is 27.5 Å². The van der Waals surface area contributed by atoms with Crippen LogP contribution >= 0.6 is 27.5 Å². The van der Waals surface area contributed by atoms with Crippen molar-refractivity contribution in [3.63, 3.8) is 0 Å². The van der Waals surface area contributed by atoms with Gasteiger partial charge in [-0.3, -0.25) is 0 Å². The fourth-order valence-corrected chi connectivity index (χ4v) is 2.15. The average molecular weight is 355 g/mol. The zero-order valence-electron chi connectivity index (χ0n) is 9.83. The van der Waals surface area contributed by atoms with E-state index in [1.165, 1.54) is 4.68 Å². The molecule has 8 heteroatoms. The van der Waals surface area contributed by atoms with Crippen molar-refractivity contribution < 1.29 is 4.39 Å². The highest BCUT2D eigenvalue weighted by atomic mass is 79.9. The fourth-order valence-electron chi connectivity index (χ4n) is 1.63. The Balaban J connectivity index is 2.17. The molecular formula is C12H6BrClFN5. The van der Waals surface area contributed by atoms with Gasteiger partial charge in [-0.1, -0.05) is 6.07 Å². The van der Waals surface area contributed by atoms with Crippen molar-refractivity contribution in [1.29, 1.82) is 0 Å². The Morgan fingerprint density at radius 3 is 2.75 bits per heavy atom. The maximum Gasteiger partial charge on any atom is 0.255 e. The monoisotopic (exact) mass is 353 g/mol. The van der Waals surface area contributed by atoms with Gasteiger partial charge in [-0.25, -0.2) is 9.07 Å². The molecule has 2 heterocycles. The lowest BCUT2D eigenvalue weighted by molar-refractivity contribution is 0.623. The number of nitrogens with zero attached hydrogens (tertiary/aromatic N) is 5. The van der Waals surface area contributed by atoms with E-state index in [0.29, 0.717) is 4.47 Å². The molecule has 0 aliphatic rings. The molecule has 2 aromatic heterocycles. The van der Waals surface area contributed by atoms with Gasteiger partial charge in [0.15, 0.2) is 5.82 Å². The minimum absolute atomic E-state index is 0.0279. The van der Waals surface area contributed by atoms with Crippen molar-refractivity contribution in [2.75, 3.05) is 0 Å². The molecule has 5 nitrogen and oxygen atoms in total. The molecule has 0 atom stereocenters. The van der Waals surface area contributed by atoms with Crippen LogP contribution in [0.25, 0.3) is 17.3 Å². The lowest BCUT2D eigenvalue weighted by Gasteiger charge is -2.06. The van der Waals surface area contributed by atoms with Crippen LogP contribution in [0.4, 0.5) is 4.39 Å². The summed E-state index contributed by atoms with van der Waals surface area (Å²) >= 11 is 8.99. The van der Waals surface area contributed by atoms with Gasteiger partial charge in [-0.15, -0.1) is 0 Å². The summed E-state index contributed by atoms with van der Waals surface area (Å²) in [6.45, 7) is 0. The first-order valence-electron chi connectivity index (χ1n) is 5.51. The number of benzene rings is 1. The van der Waals surface area contributed by atoms with Crippen LogP contribution in [-0.2, 0) is 0 Å². The summed E-state index contributed by atoms with van der Waals surface area (Å²) in [6, 6.07) is 6.57. The number of hydrogen-bond donors (Lipinski definition) is 0. The van der Waals surface area contributed by atoms with E-state index < -0.39 is 5.82 Å². The summed E-state index contributed by atoms with van der Waals surface area (Å²) in [4.78, 5) is 12.1. The molecule has 0 amide bonds. The van der Waals surface area contributed by atoms with E-state index in [2.05, 4.69) is 36.0 Å². The van der Waals surface area contributed by atoms with Crippen LogP contribution in [0.1, 0.15) is 0 Å². The Morgan fingerprint density at radius 1 is 1.15 bits per heavy atom.